The lowest BCUT2D eigenvalue weighted by Gasteiger charge is -2.06. The molecule has 0 saturated carbocycles. The zero-order chi connectivity index (χ0) is 19.4. The number of halogens is 3. The number of benzene rings is 2. The number of carbonyl (C=O) groups excluding carboxylic acids is 1. The number of hydrogen-bond acceptors (Lipinski definition) is 3. The lowest BCUT2D eigenvalue weighted by Crippen LogP contribution is -2.13. The van der Waals surface area contributed by atoms with Crippen molar-refractivity contribution in [2.24, 2.45) is 0 Å². The number of nitrogens with one attached hydrogen (secondary N) is 1. The van der Waals surface area contributed by atoms with Gasteiger partial charge in [-0.1, -0.05) is 18.2 Å². The molecule has 2 aromatic carbocycles. The maximum Gasteiger partial charge on any atom is 0.387 e. The Morgan fingerprint density at radius 1 is 1.19 bits per heavy atom. The number of aromatic nitrogens is 2. The van der Waals surface area contributed by atoms with Gasteiger partial charge in [-0.15, -0.1) is 0 Å². The van der Waals surface area contributed by atoms with E-state index in [4.69, 9.17) is 0 Å². The summed E-state index contributed by atoms with van der Waals surface area (Å²) in [6.45, 7) is -0.903. The fourth-order valence-electron chi connectivity index (χ4n) is 2.50. The Kier molecular flexibility index (Phi) is 5.44. The number of alkyl halides is 2. The molecule has 0 spiro atoms. The van der Waals surface area contributed by atoms with Crippen LogP contribution in [0.4, 0.5) is 19.0 Å². The zero-order valence-corrected chi connectivity index (χ0v) is 14.3. The van der Waals surface area contributed by atoms with Crippen LogP contribution in [0, 0.1) is 12.7 Å². The Morgan fingerprint density at radius 3 is 2.56 bits per heavy atom. The first-order valence-corrected chi connectivity index (χ1v) is 8.06. The van der Waals surface area contributed by atoms with E-state index in [0.29, 0.717) is 11.4 Å². The van der Waals surface area contributed by atoms with Gasteiger partial charge in [-0.05, 0) is 37.3 Å². The summed E-state index contributed by atoms with van der Waals surface area (Å²) in [6, 6.07) is 13.3. The summed E-state index contributed by atoms with van der Waals surface area (Å²) >= 11 is 0. The molecule has 1 amide bonds. The first kappa shape index (κ1) is 18.5. The lowest BCUT2D eigenvalue weighted by molar-refractivity contribution is -0.0498. The molecule has 3 rings (SSSR count). The normalized spacial score (nSPS) is 10.9. The molecule has 0 aliphatic heterocycles. The van der Waals surface area contributed by atoms with Gasteiger partial charge in [0.15, 0.2) is 5.82 Å². The van der Waals surface area contributed by atoms with Crippen molar-refractivity contribution < 1.29 is 22.7 Å². The van der Waals surface area contributed by atoms with Gasteiger partial charge in [0, 0.05) is 22.9 Å². The number of nitrogens with zero attached hydrogens (tertiary/aromatic N) is 2. The molecule has 3 aromatic rings. The van der Waals surface area contributed by atoms with E-state index in [1.54, 1.807) is 35.9 Å². The molecule has 0 unspecified atom stereocenters. The monoisotopic (exact) mass is 375 g/mol. The van der Waals surface area contributed by atoms with Crippen LogP contribution in [0.1, 0.15) is 21.6 Å². The van der Waals surface area contributed by atoms with Crippen LogP contribution in [0.3, 0.4) is 0 Å². The van der Waals surface area contributed by atoms with Gasteiger partial charge in [0.1, 0.15) is 11.6 Å². The molecule has 0 fully saturated rings. The number of ether oxygens (including phenoxy) is 1. The van der Waals surface area contributed by atoms with Crippen molar-refractivity contribution in [2.45, 2.75) is 20.1 Å². The molecule has 8 heteroatoms. The van der Waals surface area contributed by atoms with Crippen molar-refractivity contribution in [3.8, 4) is 5.75 Å². The molecule has 1 aromatic heterocycles. The number of carbonyl (C=O) groups is 1. The van der Waals surface area contributed by atoms with Crippen LogP contribution in [0.25, 0.3) is 0 Å². The second-order valence-electron chi connectivity index (χ2n) is 5.78. The van der Waals surface area contributed by atoms with E-state index in [9.17, 15) is 18.0 Å². The summed E-state index contributed by atoms with van der Waals surface area (Å²) in [5.41, 5.74) is 1.49. The maximum absolute atomic E-state index is 13.8. The van der Waals surface area contributed by atoms with Crippen molar-refractivity contribution in [1.29, 1.82) is 0 Å². The van der Waals surface area contributed by atoms with Gasteiger partial charge in [-0.25, -0.2) is 4.39 Å². The van der Waals surface area contributed by atoms with Gasteiger partial charge in [0.05, 0.1) is 6.54 Å². The number of hydrogen-bond donors (Lipinski definition) is 1. The molecular formula is C19H16F3N3O2. The molecule has 0 saturated heterocycles. The lowest BCUT2D eigenvalue weighted by atomic mass is 10.2. The molecule has 27 heavy (non-hydrogen) atoms. The minimum Gasteiger partial charge on any atom is -0.435 e. The van der Waals surface area contributed by atoms with Gasteiger partial charge in [0.2, 0.25) is 0 Å². The minimum absolute atomic E-state index is 0.0356. The molecule has 140 valence electrons. The summed E-state index contributed by atoms with van der Waals surface area (Å²) in [7, 11) is 0. The number of anilines is 1. The second kappa shape index (κ2) is 7.94. The average Bonchev–Trinajstić information content (AvgIpc) is 2.96. The highest BCUT2D eigenvalue weighted by Gasteiger charge is 2.12. The summed E-state index contributed by atoms with van der Waals surface area (Å²) < 4.78 is 43.9. The number of amides is 1. The topological polar surface area (TPSA) is 56.1 Å². The minimum atomic E-state index is -2.92. The van der Waals surface area contributed by atoms with Gasteiger partial charge in [-0.3, -0.25) is 9.48 Å². The fraction of sp³-hybridized carbons (Fsp3) is 0.158. The first-order valence-electron chi connectivity index (χ1n) is 8.06. The largest absolute Gasteiger partial charge is 0.435 e. The van der Waals surface area contributed by atoms with Crippen molar-refractivity contribution in [3.63, 3.8) is 0 Å². The smallest absolute Gasteiger partial charge is 0.387 e. The van der Waals surface area contributed by atoms with E-state index >= 15 is 0 Å². The highest BCUT2D eigenvalue weighted by atomic mass is 19.3. The fourth-order valence-corrected chi connectivity index (χ4v) is 2.50. The maximum atomic E-state index is 13.8. The first-order chi connectivity index (χ1) is 12.9. The molecule has 1 heterocycles. The third-order valence-electron chi connectivity index (χ3n) is 3.84. The summed E-state index contributed by atoms with van der Waals surface area (Å²) in [5, 5.41) is 6.89. The van der Waals surface area contributed by atoms with Crippen LogP contribution < -0.4 is 10.1 Å². The Labute approximate surface area is 153 Å². The van der Waals surface area contributed by atoms with Crippen LogP contribution in [0.5, 0.6) is 5.75 Å². The van der Waals surface area contributed by atoms with Gasteiger partial charge < -0.3 is 10.1 Å². The highest BCUT2D eigenvalue weighted by molar-refractivity contribution is 6.03. The zero-order valence-electron chi connectivity index (χ0n) is 14.3. The van der Waals surface area contributed by atoms with E-state index in [1.807, 2.05) is 0 Å². The molecule has 0 radical (unpaired) electrons. The van der Waals surface area contributed by atoms with Crippen LogP contribution in [0.2, 0.25) is 0 Å². The van der Waals surface area contributed by atoms with Gasteiger partial charge >= 0.3 is 6.61 Å². The van der Waals surface area contributed by atoms with E-state index in [2.05, 4.69) is 15.2 Å². The van der Waals surface area contributed by atoms with Gasteiger partial charge in [0.25, 0.3) is 5.91 Å². The Balaban J connectivity index is 1.69. The molecule has 1 N–H and O–H groups in total. The third-order valence-corrected chi connectivity index (χ3v) is 3.84. The number of rotatable bonds is 6. The number of aryl methyl sites for hydroxylation is 1. The summed E-state index contributed by atoms with van der Waals surface area (Å²) in [5.74, 6) is -0.508. The van der Waals surface area contributed by atoms with E-state index in [0.717, 1.165) is 5.69 Å². The van der Waals surface area contributed by atoms with E-state index < -0.39 is 12.5 Å². The molecule has 0 atom stereocenters. The second-order valence-corrected chi connectivity index (χ2v) is 5.78. The average molecular weight is 375 g/mol. The molecule has 5 nitrogen and oxygen atoms in total. The van der Waals surface area contributed by atoms with Crippen LogP contribution >= 0.6 is 0 Å². The van der Waals surface area contributed by atoms with Crippen LogP contribution in [0.15, 0.2) is 54.6 Å². The predicted molar refractivity (Wildman–Crippen MR) is 93.5 cm³/mol. The summed E-state index contributed by atoms with van der Waals surface area (Å²) in [4.78, 5) is 12.3. The Hall–Kier alpha value is -3.29. The van der Waals surface area contributed by atoms with E-state index in [-0.39, 0.29) is 23.7 Å². The SMILES string of the molecule is Cc1cc(NC(=O)c2ccc(OC(F)F)cc2)nn1Cc1ccccc1F. The Bertz CT molecular complexity index is 940. The van der Waals surface area contributed by atoms with E-state index in [1.165, 1.54) is 30.3 Å². The van der Waals surface area contributed by atoms with Crippen LogP contribution in [-0.4, -0.2) is 22.3 Å². The highest BCUT2D eigenvalue weighted by Crippen LogP contribution is 2.17. The molecule has 0 bridgehead atoms. The molecular weight excluding hydrogens is 359 g/mol. The van der Waals surface area contributed by atoms with Crippen molar-refractivity contribution in [3.05, 3.63) is 77.2 Å². The Morgan fingerprint density at radius 2 is 1.89 bits per heavy atom. The van der Waals surface area contributed by atoms with Crippen LogP contribution in [-0.2, 0) is 6.54 Å². The third kappa shape index (κ3) is 4.66. The standard InChI is InChI=1S/C19H16F3N3O2/c1-12-10-17(24-25(12)11-14-4-2-3-5-16(14)20)23-18(26)13-6-8-15(9-7-13)27-19(21)22/h2-10,19H,11H2,1H3,(H,23,24,26). The molecule has 0 aliphatic rings. The quantitative estimate of drug-likeness (QED) is 0.701. The molecule has 0 aliphatic carbocycles. The van der Waals surface area contributed by atoms with Crippen molar-refractivity contribution in [1.82, 2.24) is 9.78 Å². The van der Waals surface area contributed by atoms with Crippen molar-refractivity contribution in [2.75, 3.05) is 5.32 Å². The predicted octanol–water partition coefficient (Wildman–Crippen LogP) is 4.23. The summed E-state index contributed by atoms with van der Waals surface area (Å²) in [6.07, 6.45) is 0. The van der Waals surface area contributed by atoms with Gasteiger partial charge in [-0.2, -0.15) is 13.9 Å². The van der Waals surface area contributed by atoms with Crippen molar-refractivity contribution >= 4 is 11.7 Å².